The molecule has 0 atom stereocenters. The fourth-order valence-electron chi connectivity index (χ4n) is 1.57. The van der Waals surface area contributed by atoms with Crippen LogP contribution in [0.1, 0.15) is 37.0 Å². The Morgan fingerprint density at radius 1 is 1.42 bits per heavy atom. The highest BCUT2D eigenvalue weighted by Gasteiger charge is 2.24. The second-order valence-corrected chi connectivity index (χ2v) is 5.68. The molecule has 0 saturated carbocycles. The minimum Gasteiger partial charge on any atom is -0.481 e. The third-order valence-electron chi connectivity index (χ3n) is 2.61. The average Bonchev–Trinajstić information content (AvgIpc) is 2.25. The summed E-state index contributed by atoms with van der Waals surface area (Å²) in [5, 5.41) is 11.3. The summed E-state index contributed by atoms with van der Waals surface area (Å²) in [6.45, 7) is 3.39. The second-order valence-electron chi connectivity index (χ2n) is 4.83. The number of nitrogens with one attached hydrogen (secondary N) is 1. The summed E-state index contributed by atoms with van der Waals surface area (Å²) in [6.07, 6.45) is 0.200. The normalized spacial score (nSPS) is 11.2. The van der Waals surface area contributed by atoms with Crippen LogP contribution >= 0.6 is 15.9 Å². The van der Waals surface area contributed by atoms with Crippen LogP contribution in [0.3, 0.4) is 0 Å². The Labute approximate surface area is 119 Å². The van der Waals surface area contributed by atoms with Gasteiger partial charge in [0.2, 0.25) is 0 Å². The van der Waals surface area contributed by atoms with E-state index in [2.05, 4.69) is 21.2 Å². The zero-order valence-corrected chi connectivity index (χ0v) is 12.3. The predicted octanol–water partition coefficient (Wildman–Crippen LogP) is 2.96. The zero-order valence-electron chi connectivity index (χ0n) is 10.7. The number of aliphatic carboxylic acids is 1. The lowest BCUT2D eigenvalue weighted by atomic mass is 9.97. The van der Waals surface area contributed by atoms with E-state index in [0.717, 1.165) is 0 Å². The number of hydrogen-bond donors (Lipinski definition) is 2. The Morgan fingerprint density at radius 2 is 2.05 bits per heavy atom. The Hall–Kier alpha value is -1.43. The van der Waals surface area contributed by atoms with Gasteiger partial charge in [-0.3, -0.25) is 9.59 Å². The molecule has 4 nitrogen and oxygen atoms in total. The number of benzene rings is 1. The van der Waals surface area contributed by atoms with Gasteiger partial charge in [0.1, 0.15) is 5.82 Å². The summed E-state index contributed by atoms with van der Waals surface area (Å²) >= 11 is 3.12. The molecule has 0 saturated heterocycles. The maximum Gasteiger partial charge on any atom is 0.303 e. The predicted molar refractivity (Wildman–Crippen MR) is 72.5 cm³/mol. The first kappa shape index (κ1) is 15.6. The zero-order chi connectivity index (χ0) is 14.6. The maximum atomic E-state index is 13.6. The van der Waals surface area contributed by atoms with E-state index in [9.17, 15) is 14.0 Å². The molecule has 0 radical (unpaired) electrons. The van der Waals surface area contributed by atoms with E-state index in [1.54, 1.807) is 19.9 Å². The van der Waals surface area contributed by atoms with E-state index >= 15 is 0 Å². The molecular formula is C13H15BrFNO3. The van der Waals surface area contributed by atoms with Crippen LogP contribution in [0.5, 0.6) is 0 Å². The molecule has 0 aromatic heterocycles. The quantitative estimate of drug-likeness (QED) is 0.871. The fraction of sp³-hybridized carbons (Fsp3) is 0.385. The van der Waals surface area contributed by atoms with Gasteiger partial charge >= 0.3 is 5.97 Å². The highest BCUT2D eigenvalue weighted by molar-refractivity contribution is 9.10. The van der Waals surface area contributed by atoms with Crippen LogP contribution in [0.4, 0.5) is 4.39 Å². The first-order valence-corrected chi connectivity index (χ1v) is 6.50. The van der Waals surface area contributed by atoms with Crippen molar-refractivity contribution in [3.63, 3.8) is 0 Å². The molecule has 1 rings (SSSR count). The smallest absolute Gasteiger partial charge is 0.303 e. The van der Waals surface area contributed by atoms with Crippen molar-refractivity contribution >= 4 is 27.8 Å². The topological polar surface area (TPSA) is 66.4 Å². The van der Waals surface area contributed by atoms with Crippen molar-refractivity contribution in [2.45, 2.75) is 32.2 Å². The van der Waals surface area contributed by atoms with Gasteiger partial charge in [-0.1, -0.05) is 6.07 Å². The molecule has 1 amide bonds. The number of carbonyl (C=O) groups excluding carboxylic acids is 1. The second kappa shape index (κ2) is 6.14. The van der Waals surface area contributed by atoms with Gasteiger partial charge in [0, 0.05) is 16.4 Å². The van der Waals surface area contributed by atoms with Crippen LogP contribution in [-0.4, -0.2) is 22.5 Å². The van der Waals surface area contributed by atoms with Gasteiger partial charge in [-0.05, 0) is 48.3 Å². The first-order valence-electron chi connectivity index (χ1n) is 5.71. The van der Waals surface area contributed by atoms with E-state index in [-0.39, 0.29) is 18.4 Å². The molecule has 0 aliphatic carbocycles. The maximum absolute atomic E-state index is 13.6. The minimum atomic E-state index is -0.936. The summed E-state index contributed by atoms with van der Waals surface area (Å²) in [4.78, 5) is 22.5. The highest BCUT2D eigenvalue weighted by Crippen LogP contribution is 2.21. The standard InChI is InChI=1S/C13H15BrFNO3/c1-13(2,7-6-10(17)18)16-12(19)11-8(14)4-3-5-9(11)15/h3-5H,6-7H2,1-2H3,(H,16,19)(H,17,18). The molecule has 0 spiro atoms. The number of amides is 1. The molecule has 104 valence electrons. The molecule has 0 bridgehead atoms. The molecule has 0 unspecified atom stereocenters. The molecule has 1 aromatic rings. The number of carboxylic acid groups (broad SMARTS) is 1. The molecule has 6 heteroatoms. The summed E-state index contributed by atoms with van der Waals surface area (Å²) in [6, 6.07) is 4.26. The summed E-state index contributed by atoms with van der Waals surface area (Å²) < 4.78 is 14.0. The lowest BCUT2D eigenvalue weighted by Crippen LogP contribution is -2.44. The lowest BCUT2D eigenvalue weighted by molar-refractivity contribution is -0.137. The van der Waals surface area contributed by atoms with Crippen molar-refractivity contribution in [1.29, 1.82) is 0 Å². The van der Waals surface area contributed by atoms with E-state index in [0.29, 0.717) is 4.47 Å². The highest BCUT2D eigenvalue weighted by atomic mass is 79.9. The molecule has 0 aliphatic heterocycles. The van der Waals surface area contributed by atoms with Crippen LogP contribution in [-0.2, 0) is 4.79 Å². The van der Waals surface area contributed by atoms with Crippen molar-refractivity contribution in [2.24, 2.45) is 0 Å². The van der Waals surface area contributed by atoms with Crippen molar-refractivity contribution < 1.29 is 19.1 Å². The molecule has 19 heavy (non-hydrogen) atoms. The van der Waals surface area contributed by atoms with Crippen molar-refractivity contribution in [3.05, 3.63) is 34.1 Å². The van der Waals surface area contributed by atoms with Gasteiger partial charge < -0.3 is 10.4 Å². The largest absolute Gasteiger partial charge is 0.481 e. The van der Waals surface area contributed by atoms with Crippen LogP contribution in [0.2, 0.25) is 0 Å². The third-order valence-corrected chi connectivity index (χ3v) is 3.27. The monoisotopic (exact) mass is 331 g/mol. The number of carboxylic acids is 1. The molecule has 2 N–H and O–H groups in total. The number of rotatable bonds is 5. The van der Waals surface area contributed by atoms with E-state index in [4.69, 9.17) is 5.11 Å². The Bertz CT molecular complexity index is 482. The number of carbonyl (C=O) groups is 2. The van der Waals surface area contributed by atoms with E-state index in [1.165, 1.54) is 12.1 Å². The third kappa shape index (κ3) is 4.63. The number of hydrogen-bond acceptors (Lipinski definition) is 2. The van der Waals surface area contributed by atoms with Crippen molar-refractivity contribution in [3.8, 4) is 0 Å². The number of halogens is 2. The van der Waals surface area contributed by atoms with E-state index < -0.39 is 23.2 Å². The van der Waals surface area contributed by atoms with Gasteiger partial charge in [0.15, 0.2) is 0 Å². The Balaban J connectivity index is 2.82. The summed E-state index contributed by atoms with van der Waals surface area (Å²) in [7, 11) is 0. The molecule has 0 aliphatic rings. The lowest BCUT2D eigenvalue weighted by Gasteiger charge is -2.26. The summed E-state index contributed by atoms with van der Waals surface area (Å²) in [5.74, 6) is -2.13. The molecular weight excluding hydrogens is 317 g/mol. The van der Waals surface area contributed by atoms with Gasteiger partial charge in [-0.25, -0.2) is 4.39 Å². The molecule has 0 fully saturated rings. The van der Waals surface area contributed by atoms with E-state index in [1.807, 2.05) is 0 Å². The van der Waals surface area contributed by atoms with Crippen LogP contribution in [0, 0.1) is 5.82 Å². The SMILES string of the molecule is CC(C)(CCC(=O)O)NC(=O)c1c(F)cccc1Br. The van der Waals surface area contributed by atoms with Gasteiger partial charge in [-0.2, -0.15) is 0 Å². The first-order chi connectivity index (χ1) is 8.73. The van der Waals surface area contributed by atoms with Crippen LogP contribution in [0.15, 0.2) is 22.7 Å². The summed E-state index contributed by atoms with van der Waals surface area (Å²) in [5.41, 5.74) is -0.803. The molecule has 0 heterocycles. The average molecular weight is 332 g/mol. The molecule has 1 aromatic carbocycles. The Kier molecular flexibility index (Phi) is 5.05. The van der Waals surface area contributed by atoms with Gasteiger partial charge in [0.25, 0.3) is 5.91 Å². The van der Waals surface area contributed by atoms with Crippen LogP contribution in [0.25, 0.3) is 0 Å². The van der Waals surface area contributed by atoms with Crippen LogP contribution < -0.4 is 5.32 Å². The van der Waals surface area contributed by atoms with Gasteiger partial charge in [-0.15, -0.1) is 0 Å². The fourth-order valence-corrected chi connectivity index (χ4v) is 2.09. The van der Waals surface area contributed by atoms with Crippen molar-refractivity contribution in [2.75, 3.05) is 0 Å². The minimum absolute atomic E-state index is 0.0638. The Morgan fingerprint density at radius 3 is 2.58 bits per heavy atom. The van der Waals surface area contributed by atoms with Crippen molar-refractivity contribution in [1.82, 2.24) is 5.32 Å². The van der Waals surface area contributed by atoms with Gasteiger partial charge in [0.05, 0.1) is 5.56 Å².